The van der Waals surface area contributed by atoms with E-state index in [1.165, 1.54) is 35.1 Å². The summed E-state index contributed by atoms with van der Waals surface area (Å²) < 4.78 is 31.0. The molecule has 2 heterocycles. The van der Waals surface area contributed by atoms with Crippen LogP contribution >= 0.6 is 23.2 Å². The molecule has 2 N–H and O–H groups in total. The Labute approximate surface area is 209 Å². The third-order valence-corrected chi connectivity index (χ3v) is 6.11. The molecular formula is C23H20Cl2F2N6O2. The van der Waals surface area contributed by atoms with Crippen LogP contribution in [-0.2, 0) is 12.1 Å². The summed E-state index contributed by atoms with van der Waals surface area (Å²) in [4.78, 5) is 17.0. The van der Waals surface area contributed by atoms with Crippen LogP contribution in [0, 0.1) is 18.6 Å². The van der Waals surface area contributed by atoms with Crippen molar-refractivity contribution in [1.82, 2.24) is 29.9 Å². The van der Waals surface area contributed by atoms with Gasteiger partial charge in [0.2, 0.25) is 0 Å². The van der Waals surface area contributed by atoms with Gasteiger partial charge in [-0.15, -0.1) is 0 Å². The highest BCUT2D eigenvalue weighted by atomic mass is 35.5. The maximum absolute atomic E-state index is 14.7. The third-order valence-electron chi connectivity index (χ3n) is 5.68. The van der Waals surface area contributed by atoms with Crippen LogP contribution < -0.4 is 5.32 Å². The number of amides is 1. The normalized spacial score (nSPS) is 13.9. The standard InChI is InChI=1S/C23H20Cl2F2N6O2/c1-13-19(9-29-33(13)18-6-15(24)5-16(25)7-18)22(34)31-14(2)23(35,10-32-12-28-11-30-32)20-4-3-17(26)8-21(20)27/h3-9,11-12,14,35H,10H2,1-2H3,(H,31,34). The second-order valence-corrected chi connectivity index (χ2v) is 8.89. The number of halogens is 4. The molecule has 0 bridgehead atoms. The third kappa shape index (κ3) is 5.04. The Bertz CT molecular complexity index is 1360. The molecule has 1 amide bonds. The zero-order valence-electron chi connectivity index (χ0n) is 18.6. The number of aliphatic hydroxyl groups is 1. The number of rotatable bonds is 7. The Hall–Kier alpha value is -3.34. The summed E-state index contributed by atoms with van der Waals surface area (Å²) in [5.41, 5.74) is -0.936. The van der Waals surface area contributed by atoms with Gasteiger partial charge in [-0.1, -0.05) is 29.3 Å². The average Bonchev–Trinajstić information content (AvgIpc) is 3.42. The molecule has 0 saturated heterocycles. The van der Waals surface area contributed by atoms with E-state index in [9.17, 15) is 18.7 Å². The lowest BCUT2D eigenvalue weighted by Crippen LogP contribution is -2.52. The van der Waals surface area contributed by atoms with E-state index < -0.39 is 29.2 Å². The van der Waals surface area contributed by atoms with Gasteiger partial charge >= 0.3 is 0 Å². The van der Waals surface area contributed by atoms with E-state index in [-0.39, 0.29) is 17.7 Å². The molecule has 0 fully saturated rings. The highest BCUT2D eigenvalue weighted by Crippen LogP contribution is 2.30. The molecular weight excluding hydrogens is 501 g/mol. The van der Waals surface area contributed by atoms with Gasteiger partial charge < -0.3 is 10.4 Å². The number of hydrogen-bond donors (Lipinski definition) is 2. The van der Waals surface area contributed by atoms with Crippen LogP contribution in [0.15, 0.2) is 55.2 Å². The molecule has 2 aromatic heterocycles. The fourth-order valence-electron chi connectivity index (χ4n) is 3.81. The van der Waals surface area contributed by atoms with Crippen molar-refractivity contribution in [2.75, 3.05) is 0 Å². The highest BCUT2D eigenvalue weighted by Gasteiger charge is 2.40. The summed E-state index contributed by atoms with van der Waals surface area (Å²) in [7, 11) is 0. The number of benzene rings is 2. The van der Waals surface area contributed by atoms with Gasteiger partial charge in [-0.05, 0) is 38.1 Å². The molecule has 0 aliphatic carbocycles. The van der Waals surface area contributed by atoms with Gasteiger partial charge in [0.05, 0.1) is 35.7 Å². The van der Waals surface area contributed by atoms with Gasteiger partial charge in [-0.2, -0.15) is 10.2 Å². The number of carbonyl (C=O) groups is 1. The van der Waals surface area contributed by atoms with Gasteiger partial charge in [-0.3, -0.25) is 4.79 Å². The molecule has 2 atom stereocenters. The first-order valence-electron chi connectivity index (χ1n) is 10.4. The Morgan fingerprint density at radius 3 is 2.51 bits per heavy atom. The molecule has 12 heteroatoms. The first-order valence-corrected chi connectivity index (χ1v) is 11.2. The molecule has 0 aliphatic heterocycles. The van der Waals surface area contributed by atoms with Crippen molar-refractivity contribution >= 4 is 29.1 Å². The Kier molecular flexibility index (Phi) is 6.88. The van der Waals surface area contributed by atoms with E-state index in [0.717, 1.165) is 12.1 Å². The summed E-state index contributed by atoms with van der Waals surface area (Å²) in [6, 6.07) is 6.66. The fourth-order valence-corrected chi connectivity index (χ4v) is 4.32. The van der Waals surface area contributed by atoms with Crippen molar-refractivity contribution < 1.29 is 18.7 Å². The minimum Gasteiger partial charge on any atom is -0.381 e. The molecule has 4 aromatic rings. The van der Waals surface area contributed by atoms with E-state index in [1.54, 1.807) is 25.1 Å². The Morgan fingerprint density at radius 1 is 1.17 bits per heavy atom. The fraction of sp³-hybridized carbons (Fsp3) is 0.217. The Balaban J connectivity index is 1.65. The lowest BCUT2D eigenvalue weighted by Gasteiger charge is -2.35. The van der Waals surface area contributed by atoms with Crippen molar-refractivity contribution in [2.45, 2.75) is 32.0 Å². The van der Waals surface area contributed by atoms with E-state index >= 15 is 0 Å². The minimum atomic E-state index is -1.99. The molecule has 4 rings (SSSR count). The predicted molar refractivity (Wildman–Crippen MR) is 126 cm³/mol. The molecule has 0 radical (unpaired) electrons. The van der Waals surface area contributed by atoms with Crippen LogP contribution in [0.1, 0.15) is 28.5 Å². The number of nitrogens with zero attached hydrogens (tertiary/aromatic N) is 5. The van der Waals surface area contributed by atoms with Gasteiger partial charge in [-0.25, -0.2) is 23.1 Å². The molecule has 0 saturated carbocycles. The van der Waals surface area contributed by atoms with Gasteiger partial charge in [0.1, 0.15) is 29.9 Å². The lowest BCUT2D eigenvalue weighted by molar-refractivity contribution is -0.0186. The lowest BCUT2D eigenvalue weighted by atomic mass is 9.86. The second kappa shape index (κ2) is 9.73. The van der Waals surface area contributed by atoms with Crippen molar-refractivity contribution in [3.8, 4) is 5.69 Å². The number of carbonyl (C=O) groups excluding carboxylic acids is 1. The summed E-state index contributed by atoms with van der Waals surface area (Å²) in [6.45, 7) is 2.94. The number of hydrogen-bond acceptors (Lipinski definition) is 5. The maximum Gasteiger partial charge on any atom is 0.255 e. The zero-order chi connectivity index (χ0) is 25.3. The van der Waals surface area contributed by atoms with E-state index in [2.05, 4.69) is 20.5 Å². The van der Waals surface area contributed by atoms with E-state index in [1.807, 2.05) is 0 Å². The maximum atomic E-state index is 14.7. The number of nitrogens with one attached hydrogen (secondary N) is 1. The van der Waals surface area contributed by atoms with Crippen LogP contribution in [0.4, 0.5) is 8.78 Å². The highest BCUT2D eigenvalue weighted by molar-refractivity contribution is 6.34. The quantitative estimate of drug-likeness (QED) is 0.382. The predicted octanol–water partition coefficient (Wildman–Crippen LogP) is 4.06. The largest absolute Gasteiger partial charge is 0.381 e. The van der Waals surface area contributed by atoms with E-state index in [0.29, 0.717) is 27.5 Å². The smallest absolute Gasteiger partial charge is 0.255 e. The van der Waals surface area contributed by atoms with Gasteiger partial charge in [0.25, 0.3) is 5.91 Å². The molecule has 2 unspecified atom stereocenters. The average molecular weight is 521 g/mol. The monoisotopic (exact) mass is 520 g/mol. The van der Waals surface area contributed by atoms with Crippen molar-refractivity contribution in [1.29, 1.82) is 0 Å². The summed E-state index contributed by atoms with van der Waals surface area (Å²) in [5.74, 6) is -2.32. The summed E-state index contributed by atoms with van der Waals surface area (Å²) in [5, 5.41) is 23.3. The zero-order valence-corrected chi connectivity index (χ0v) is 20.1. The molecule has 8 nitrogen and oxygen atoms in total. The molecule has 182 valence electrons. The molecule has 0 aliphatic rings. The van der Waals surface area contributed by atoms with Gasteiger partial charge in [0.15, 0.2) is 0 Å². The van der Waals surface area contributed by atoms with Crippen LogP contribution in [0.2, 0.25) is 10.0 Å². The summed E-state index contributed by atoms with van der Waals surface area (Å²) in [6.07, 6.45) is 3.96. The molecule has 2 aromatic carbocycles. The van der Waals surface area contributed by atoms with Crippen molar-refractivity contribution in [2.24, 2.45) is 0 Å². The molecule has 0 spiro atoms. The topological polar surface area (TPSA) is 97.9 Å². The SMILES string of the molecule is Cc1c(C(=O)NC(C)C(O)(Cn2cncn2)c2ccc(F)cc2F)cnn1-c1cc(Cl)cc(Cl)c1. The van der Waals surface area contributed by atoms with Gasteiger partial charge in [0, 0.05) is 21.7 Å². The van der Waals surface area contributed by atoms with Crippen molar-refractivity contribution in [3.63, 3.8) is 0 Å². The minimum absolute atomic E-state index is 0.205. The van der Waals surface area contributed by atoms with Crippen molar-refractivity contribution in [3.05, 3.63) is 93.8 Å². The van der Waals surface area contributed by atoms with Crippen LogP contribution in [0.3, 0.4) is 0 Å². The first kappa shape index (κ1) is 24.8. The molecule has 35 heavy (non-hydrogen) atoms. The summed E-state index contributed by atoms with van der Waals surface area (Å²) >= 11 is 12.2. The number of aromatic nitrogens is 5. The Morgan fingerprint density at radius 2 is 1.89 bits per heavy atom. The van der Waals surface area contributed by atoms with Crippen LogP contribution in [0.25, 0.3) is 5.69 Å². The van der Waals surface area contributed by atoms with E-state index in [4.69, 9.17) is 23.2 Å². The first-order chi connectivity index (χ1) is 16.6. The second-order valence-electron chi connectivity index (χ2n) is 8.02. The van der Waals surface area contributed by atoms with Crippen LogP contribution in [-0.4, -0.2) is 41.6 Å². The van der Waals surface area contributed by atoms with Crippen LogP contribution in [0.5, 0.6) is 0 Å².